The van der Waals surface area contributed by atoms with E-state index in [-0.39, 0.29) is 11.7 Å². The molecule has 26 heavy (non-hydrogen) atoms. The van der Waals surface area contributed by atoms with Crippen LogP contribution in [-0.2, 0) is 6.42 Å². The van der Waals surface area contributed by atoms with Crippen molar-refractivity contribution in [1.82, 2.24) is 4.90 Å². The van der Waals surface area contributed by atoms with Crippen LogP contribution in [0.3, 0.4) is 0 Å². The van der Waals surface area contributed by atoms with Gasteiger partial charge in [0.25, 0.3) is 5.91 Å². The fourth-order valence-electron chi connectivity index (χ4n) is 3.51. The quantitative estimate of drug-likeness (QED) is 0.814. The van der Waals surface area contributed by atoms with E-state index >= 15 is 0 Å². The molecule has 1 heterocycles. The van der Waals surface area contributed by atoms with Crippen LogP contribution in [0.25, 0.3) is 0 Å². The molecule has 0 N–H and O–H groups in total. The van der Waals surface area contributed by atoms with Crippen molar-refractivity contribution in [2.24, 2.45) is 5.92 Å². The second kappa shape index (κ2) is 8.21. The predicted molar refractivity (Wildman–Crippen MR) is 98.3 cm³/mol. The molecule has 0 radical (unpaired) electrons. The van der Waals surface area contributed by atoms with Crippen molar-refractivity contribution in [1.29, 1.82) is 0 Å². The first kappa shape index (κ1) is 18.2. The third-order valence-corrected chi connectivity index (χ3v) is 4.98. The van der Waals surface area contributed by atoms with Crippen LogP contribution in [0.15, 0.2) is 42.5 Å². The first-order valence-corrected chi connectivity index (χ1v) is 8.87. The Labute approximate surface area is 153 Å². The molecule has 4 nitrogen and oxygen atoms in total. The maximum absolute atomic E-state index is 13.0. The average Bonchev–Trinajstić information content (AvgIpc) is 2.69. The molecule has 2 aromatic rings. The lowest BCUT2D eigenvalue weighted by atomic mass is 9.90. The normalized spacial score (nSPS) is 15.0. The Hall–Kier alpha value is -2.56. The first-order chi connectivity index (χ1) is 12.6. The minimum Gasteiger partial charge on any atom is -0.496 e. The van der Waals surface area contributed by atoms with Crippen LogP contribution in [0.4, 0.5) is 4.39 Å². The van der Waals surface area contributed by atoms with E-state index in [0.29, 0.717) is 36.1 Å². The molecule has 2 aromatic carbocycles. The molecule has 1 aliphatic heterocycles. The van der Waals surface area contributed by atoms with E-state index < -0.39 is 0 Å². The summed E-state index contributed by atoms with van der Waals surface area (Å²) in [6.07, 6.45) is 2.78. The van der Waals surface area contributed by atoms with Crippen molar-refractivity contribution in [2.75, 3.05) is 27.3 Å². The van der Waals surface area contributed by atoms with Gasteiger partial charge in [0, 0.05) is 13.1 Å². The summed E-state index contributed by atoms with van der Waals surface area (Å²) in [5.74, 6) is 1.30. The summed E-state index contributed by atoms with van der Waals surface area (Å²) < 4.78 is 23.7. The molecule has 0 spiro atoms. The third-order valence-electron chi connectivity index (χ3n) is 4.98. The number of benzene rings is 2. The number of nitrogens with zero attached hydrogens (tertiary/aromatic N) is 1. The number of methoxy groups -OCH3 is 2. The summed E-state index contributed by atoms with van der Waals surface area (Å²) in [4.78, 5) is 14.8. The molecule has 0 aliphatic carbocycles. The number of carbonyl (C=O) groups is 1. The molecular formula is C21H24FNO3. The number of amides is 1. The summed E-state index contributed by atoms with van der Waals surface area (Å²) in [6, 6.07) is 12.0. The number of hydrogen-bond acceptors (Lipinski definition) is 3. The number of likely N-dealkylation sites (tertiary alicyclic amines) is 1. The highest BCUT2D eigenvalue weighted by Gasteiger charge is 2.27. The number of rotatable bonds is 5. The van der Waals surface area contributed by atoms with Crippen molar-refractivity contribution in [3.8, 4) is 11.5 Å². The van der Waals surface area contributed by atoms with E-state index in [1.54, 1.807) is 26.4 Å². The molecule has 0 aromatic heterocycles. The average molecular weight is 357 g/mol. The van der Waals surface area contributed by atoms with Gasteiger partial charge in [-0.1, -0.05) is 18.2 Å². The van der Waals surface area contributed by atoms with Crippen molar-refractivity contribution < 1.29 is 18.7 Å². The topological polar surface area (TPSA) is 38.8 Å². The second-order valence-corrected chi connectivity index (χ2v) is 6.60. The van der Waals surface area contributed by atoms with Crippen molar-refractivity contribution in [3.05, 3.63) is 59.4 Å². The Kier molecular flexibility index (Phi) is 5.76. The Morgan fingerprint density at radius 3 is 2.15 bits per heavy atom. The predicted octanol–water partition coefficient (Wildman–Crippen LogP) is 3.94. The molecule has 0 bridgehead atoms. The Bertz CT molecular complexity index is 730. The fraction of sp³-hybridized carbons (Fsp3) is 0.381. The van der Waals surface area contributed by atoms with Gasteiger partial charge in [-0.3, -0.25) is 4.79 Å². The Morgan fingerprint density at radius 2 is 1.62 bits per heavy atom. The van der Waals surface area contributed by atoms with Crippen LogP contribution in [0.5, 0.6) is 11.5 Å². The van der Waals surface area contributed by atoms with E-state index in [2.05, 4.69) is 0 Å². The van der Waals surface area contributed by atoms with Crippen molar-refractivity contribution in [2.45, 2.75) is 19.3 Å². The first-order valence-electron chi connectivity index (χ1n) is 8.87. The number of piperidine rings is 1. The van der Waals surface area contributed by atoms with Gasteiger partial charge in [0.05, 0.1) is 14.2 Å². The summed E-state index contributed by atoms with van der Waals surface area (Å²) in [5, 5.41) is 0. The molecule has 1 saturated heterocycles. The molecule has 1 aliphatic rings. The molecule has 0 atom stereocenters. The van der Waals surface area contributed by atoms with Crippen LogP contribution in [-0.4, -0.2) is 38.1 Å². The third kappa shape index (κ3) is 3.98. The van der Waals surface area contributed by atoms with E-state index in [4.69, 9.17) is 9.47 Å². The van der Waals surface area contributed by atoms with Crippen LogP contribution < -0.4 is 9.47 Å². The van der Waals surface area contributed by atoms with E-state index in [0.717, 1.165) is 24.8 Å². The van der Waals surface area contributed by atoms with Crippen LogP contribution >= 0.6 is 0 Å². The summed E-state index contributed by atoms with van der Waals surface area (Å²) in [5.41, 5.74) is 1.62. The van der Waals surface area contributed by atoms with Gasteiger partial charge >= 0.3 is 0 Å². The van der Waals surface area contributed by atoms with Crippen molar-refractivity contribution >= 4 is 5.91 Å². The maximum Gasteiger partial charge on any atom is 0.261 e. The molecule has 5 heteroatoms. The van der Waals surface area contributed by atoms with Gasteiger partial charge in [0.15, 0.2) is 0 Å². The van der Waals surface area contributed by atoms with Gasteiger partial charge in [0.2, 0.25) is 0 Å². The Morgan fingerprint density at radius 1 is 1.04 bits per heavy atom. The standard InChI is InChI=1S/C21H24FNO3/c1-25-18-4-3-5-19(26-2)20(18)21(24)23-12-10-16(11-13-23)14-15-6-8-17(22)9-7-15/h3-9,16H,10-14H2,1-2H3. The lowest BCUT2D eigenvalue weighted by molar-refractivity contribution is 0.0683. The highest BCUT2D eigenvalue weighted by Crippen LogP contribution is 2.31. The van der Waals surface area contributed by atoms with Gasteiger partial charge in [0.1, 0.15) is 22.9 Å². The summed E-state index contributed by atoms with van der Waals surface area (Å²) >= 11 is 0. The zero-order chi connectivity index (χ0) is 18.5. The molecule has 0 unspecified atom stereocenters. The number of hydrogen-bond donors (Lipinski definition) is 0. The SMILES string of the molecule is COc1cccc(OC)c1C(=O)N1CCC(Cc2ccc(F)cc2)CC1. The Balaban J connectivity index is 1.65. The minimum atomic E-state index is -0.208. The van der Waals surface area contributed by atoms with Gasteiger partial charge in [-0.15, -0.1) is 0 Å². The van der Waals surface area contributed by atoms with E-state index in [1.165, 1.54) is 12.1 Å². The lowest BCUT2D eigenvalue weighted by Gasteiger charge is -2.32. The largest absolute Gasteiger partial charge is 0.496 e. The zero-order valence-corrected chi connectivity index (χ0v) is 15.2. The van der Waals surface area contributed by atoms with E-state index in [1.807, 2.05) is 23.1 Å². The summed E-state index contributed by atoms with van der Waals surface area (Å²) in [7, 11) is 3.11. The number of halogens is 1. The van der Waals surface area contributed by atoms with Gasteiger partial charge < -0.3 is 14.4 Å². The molecule has 1 fully saturated rings. The van der Waals surface area contributed by atoms with Crippen LogP contribution in [0, 0.1) is 11.7 Å². The van der Waals surface area contributed by atoms with Gasteiger partial charge in [-0.25, -0.2) is 4.39 Å². The highest BCUT2D eigenvalue weighted by molar-refractivity contribution is 5.99. The maximum atomic E-state index is 13.0. The summed E-state index contributed by atoms with van der Waals surface area (Å²) in [6.45, 7) is 1.40. The molecule has 1 amide bonds. The number of ether oxygens (including phenoxy) is 2. The zero-order valence-electron chi connectivity index (χ0n) is 15.2. The monoisotopic (exact) mass is 357 g/mol. The van der Waals surface area contributed by atoms with Gasteiger partial charge in [-0.05, 0) is 55.0 Å². The number of carbonyl (C=O) groups excluding carboxylic acids is 1. The molecule has 138 valence electrons. The minimum absolute atomic E-state index is 0.0560. The second-order valence-electron chi connectivity index (χ2n) is 6.60. The lowest BCUT2D eigenvalue weighted by Crippen LogP contribution is -2.39. The molecular weight excluding hydrogens is 333 g/mol. The molecule has 3 rings (SSSR count). The van der Waals surface area contributed by atoms with E-state index in [9.17, 15) is 9.18 Å². The van der Waals surface area contributed by atoms with Crippen LogP contribution in [0.1, 0.15) is 28.8 Å². The smallest absolute Gasteiger partial charge is 0.261 e. The van der Waals surface area contributed by atoms with Crippen molar-refractivity contribution in [3.63, 3.8) is 0 Å². The van der Waals surface area contributed by atoms with Crippen LogP contribution in [0.2, 0.25) is 0 Å². The van der Waals surface area contributed by atoms with Gasteiger partial charge in [-0.2, -0.15) is 0 Å². The molecule has 0 saturated carbocycles. The fourth-order valence-corrected chi connectivity index (χ4v) is 3.51. The highest BCUT2D eigenvalue weighted by atomic mass is 19.1.